The number of nitrogens with one attached hydrogen (secondary N) is 1. The minimum absolute atomic E-state index is 0.128. The van der Waals surface area contributed by atoms with E-state index in [1.54, 1.807) is 26.0 Å². The molecule has 1 aromatic heterocycles. The summed E-state index contributed by atoms with van der Waals surface area (Å²) >= 11 is 0. The van der Waals surface area contributed by atoms with E-state index in [-0.39, 0.29) is 36.4 Å². The molecule has 25 heavy (non-hydrogen) atoms. The van der Waals surface area contributed by atoms with E-state index in [1.165, 1.54) is 10.7 Å². The highest BCUT2D eigenvalue weighted by molar-refractivity contribution is 5.91. The number of aryl methyl sites for hydroxylation is 3. The number of anilines is 1. The van der Waals surface area contributed by atoms with Gasteiger partial charge in [0.2, 0.25) is 5.91 Å². The molecule has 1 aromatic carbocycles. The Morgan fingerprint density at radius 3 is 2.60 bits per heavy atom. The van der Waals surface area contributed by atoms with E-state index in [9.17, 15) is 20.0 Å². The molecule has 2 rings (SSSR count). The minimum Gasteiger partial charge on any atom is -0.508 e. The summed E-state index contributed by atoms with van der Waals surface area (Å²) in [5.74, 6) is -0.108. The molecule has 2 aromatic rings. The normalized spacial score (nSPS) is 10.9. The van der Waals surface area contributed by atoms with Crippen LogP contribution in [0.3, 0.4) is 0 Å². The van der Waals surface area contributed by atoms with Crippen LogP contribution < -0.4 is 5.32 Å². The number of carbonyl (C=O) groups excluding carboxylic acids is 1. The lowest BCUT2D eigenvalue weighted by Crippen LogP contribution is -2.16. The van der Waals surface area contributed by atoms with Crippen molar-refractivity contribution in [2.75, 3.05) is 5.32 Å². The highest BCUT2D eigenvalue weighted by Gasteiger charge is 2.17. The second-order valence-corrected chi connectivity index (χ2v) is 6.30. The Labute approximate surface area is 145 Å². The molecular formula is C17H22N4O4. The van der Waals surface area contributed by atoms with Crippen LogP contribution in [0.2, 0.25) is 0 Å². The number of hydrogen-bond acceptors (Lipinski definition) is 5. The summed E-state index contributed by atoms with van der Waals surface area (Å²) in [6, 6.07) is 4.78. The quantitative estimate of drug-likeness (QED) is 0.474. The maximum atomic E-state index is 12.2. The van der Waals surface area contributed by atoms with Gasteiger partial charge in [-0.1, -0.05) is 13.8 Å². The summed E-state index contributed by atoms with van der Waals surface area (Å²) in [5, 5.41) is 27.4. The zero-order valence-electron chi connectivity index (χ0n) is 14.7. The van der Waals surface area contributed by atoms with Gasteiger partial charge in [-0.2, -0.15) is 4.68 Å². The number of carbonyl (C=O) groups is 1. The molecule has 0 aliphatic carbocycles. The van der Waals surface area contributed by atoms with Gasteiger partial charge in [-0.3, -0.25) is 4.79 Å². The van der Waals surface area contributed by atoms with Gasteiger partial charge in [0.05, 0.1) is 23.4 Å². The molecule has 0 atom stereocenters. The Bertz CT molecular complexity index is 811. The van der Waals surface area contributed by atoms with Gasteiger partial charge in [-0.15, -0.1) is 0 Å². The maximum Gasteiger partial charge on any atom is 0.390 e. The third-order valence-electron chi connectivity index (χ3n) is 3.98. The van der Waals surface area contributed by atoms with Crippen LogP contribution in [0.4, 0.5) is 11.5 Å². The van der Waals surface area contributed by atoms with Crippen LogP contribution in [0.15, 0.2) is 18.2 Å². The molecular weight excluding hydrogens is 324 g/mol. The largest absolute Gasteiger partial charge is 0.508 e. The number of amides is 1. The monoisotopic (exact) mass is 346 g/mol. The Kier molecular flexibility index (Phi) is 5.41. The van der Waals surface area contributed by atoms with Crippen LogP contribution in [-0.2, 0) is 11.3 Å². The van der Waals surface area contributed by atoms with Crippen molar-refractivity contribution in [2.24, 2.45) is 0 Å². The molecule has 8 heteroatoms. The lowest BCUT2D eigenvalue weighted by molar-refractivity contribution is -0.389. The third kappa shape index (κ3) is 4.34. The highest BCUT2D eigenvalue weighted by atomic mass is 16.6. The Morgan fingerprint density at radius 1 is 1.36 bits per heavy atom. The first kappa shape index (κ1) is 18.4. The van der Waals surface area contributed by atoms with Crippen molar-refractivity contribution in [2.45, 2.75) is 46.6 Å². The molecule has 0 saturated heterocycles. The number of aromatic nitrogens is 2. The first-order chi connectivity index (χ1) is 11.7. The van der Waals surface area contributed by atoms with Gasteiger partial charge in [-0.25, -0.2) is 0 Å². The zero-order chi connectivity index (χ0) is 18.7. The van der Waals surface area contributed by atoms with Gasteiger partial charge < -0.3 is 20.5 Å². The van der Waals surface area contributed by atoms with E-state index >= 15 is 0 Å². The predicted octanol–water partition coefficient (Wildman–Crippen LogP) is 3.27. The van der Waals surface area contributed by atoms with Crippen molar-refractivity contribution in [1.29, 1.82) is 0 Å². The number of nitro groups is 1. The Balaban J connectivity index is 2.06. The van der Waals surface area contributed by atoms with Gasteiger partial charge in [0.25, 0.3) is 0 Å². The molecule has 0 saturated carbocycles. The van der Waals surface area contributed by atoms with Gasteiger partial charge in [0.1, 0.15) is 5.75 Å². The van der Waals surface area contributed by atoms with Crippen molar-refractivity contribution >= 4 is 17.4 Å². The van der Waals surface area contributed by atoms with Crippen molar-refractivity contribution in [3.05, 3.63) is 45.1 Å². The number of benzene rings is 1. The van der Waals surface area contributed by atoms with Crippen molar-refractivity contribution < 1.29 is 14.8 Å². The minimum atomic E-state index is -0.559. The lowest BCUT2D eigenvalue weighted by Gasteiger charge is -2.14. The standard InChI is InChI=1S/C17H22N4O4/c1-10(2)13-9-14(11(3)7-15(13)22)18-17(23)5-6-20-12(4)8-16(19-20)21(24)25/h7-10,22H,5-6H2,1-4H3,(H,18,23). The second kappa shape index (κ2) is 7.33. The fourth-order valence-corrected chi connectivity index (χ4v) is 2.54. The number of aromatic hydroxyl groups is 1. The average Bonchev–Trinajstić information content (AvgIpc) is 2.89. The molecule has 8 nitrogen and oxygen atoms in total. The van der Waals surface area contributed by atoms with Crippen molar-refractivity contribution in [3.63, 3.8) is 0 Å². The molecule has 1 heterocycles. The SMILES string of the molecule is Cc1cc(O)c(C(C)C)cc1NC(=O)CCn1nc([N+](=O)[O-])cc1C. The van der Waals surface area contributed by atoms with E-state index in [1.807, 2.05) is 13.8 Å². The van der Waals surface area contributed by atoms with Crippen LogP contribution in [0.25, 0.3) is 0 Å². The summed E-state index contributed by atoms with van der Waals surface area (Å²) in [6.07, 6.45) is 0.136. The van der Waals surface area contributed by atoms with Gasteiger partial charge in [0.15, 0.2) is 0 Å². The van der Waals surface area contributed by atoms with E-state index in [4.69, 9.17) is 0 Å². The summed E-state index contributed by atoms with van der Waals surface area (Å²) in [5.41, 5.74) is 2.80. The molecule has 0 unspecified atom stereocenters. The topological polar surface area (TPSA) is 110 Å². The van der Waals surface area contributed by atoms with E-state index in [2.05, 4.69) is 10.4 Å². The first-order valence-corrected chi connectivity index (χ1v) is 8.01. The van der Waals surface area contributed by atoms with Crippen LogP contribution >= 0.6 is 0 Å². The van der Waals surface area contributed by atoms with Gasteiger partial charge in [-0.05, 0) is 47.9 Å². The molecule has 0 fully saturated rings. The molecule has 134 valence electrons. The number of phenols is 1. The Hall–Kier alpha value is -2.90. The summed E-state index contributed by atoms with van der Waals surface area (Å²) in [4.78, 5) is 22.4. The summed E-state index contributed by atoms with van der Waals surface area (Å²) in [6.45, 7) is 7.68. The van der Waals surface area contributed by atoms with E-state index < -0.39 is 4.92 Å². The van der Waals surface area contributed by atoms with Crippen molar-refractivity contribution in [1.82, 2.24) is 9.78 Å². The molecule has 0 bridgehead atoms. The number of nitrogens with zero attached hydrogens (tertiary/aromatic N) is 3. The third-order valence-corrected chi connectivity index (χ3v) is 3.98. The van der Waals surface area contributed by atoms with Gasteiger partial charge in [0, 0.05) is 12.1 Å². The highest BCUT2D eigenvalue weighted by Crippen LogP contribution is 2.31. The predicted molar refractivity (Wildman–Crippen MR) is 93.8 cm³/mol. The summed E-state index contributed by atoms with van der Waals surface area (Å²) < 4.78 is 1.45. The Morgan fingerprint density at radius 2 is 2.04 bits per heavy atom. The van der Waals surface area contributed by atoms with E-state index in [0.717, 1.165) is 11.1 Å². The molecule has 0 aliphatic rings. The molecule has 0 radical (unpaired) electrons. The van der Waals surface area contributed by atoms with Crippen LogP contribution in [0, 0.1) is 24.0 Å². The molecule has 0 spiro atoms. The molecule has 1 amide bonds. The molecule has 2 N–H and O–H groups in total. The van der Waals surface area contributed by atoms with Crippen LogP contribution in [0.1, 0.15) is 43.0 Å². The zero-order valence-corrected chi connectivity index (χ0v) is 14.7. The fourth-order valence-electron chi connectivity index (χ4n) is 2.54. The van der Waals surface area contributed by atoms with Crippen LogP contribution in [-0.4, -0.2) is 25.7 Å². The summed E-state index contributed by atoms with van der Waals surface area (Å²) in [7, 11) is 0. The number of phenolic OH excluding ortho intramolecular Hbond substituents is 1. The van der Waals surface area contributed by atoms with Crippen molar-refractivity contribution in [3.8, 4) is 5.75 Å². The number of hydrogen-bond donors (Lipinski definition) is 2. The molecule has 0 aliphatic heterocycles. The second-order valence-electron chi connectivity index (χ2n) is 6.30. The smallest absolute Gasteiger partial charge is 0.390 e. The lowest BCUT2D eigenvalue weighted by atomic mass is 9.99. The fraction of sp³-hybridized carbons (Fsp3) is 0.412. The average molecular weight is 346 g/mol. The van der Waals surface area contributed by atoms with Gasteiger partial charge >= 0.3 is 5.82 Å². The maximum absolute atomic E-state index is 12.2. The first-order valence-electron chi connectivity index (χ1n) is 8.01. The number of rotatable bonds is 6. The van der Waals surface area contributed by atoms with E-state index in [0.29, 0.717) is 11.4 Å². The van der Waals surface area contributed by atoms with Crippen LogP contribution in [0.5, 0.6) is 5.75 Å².